The number of rotatable bonds is 5. The summed E-state index contributed by atoms with van der Waals surface area (Å²) in [5.41, 5.74) is 0.648. The molecule has 146 valence electrons. The molecular formula is C17H21ClN4O4S. The molecule has 1 atom stereocenters. The lowest BCUT2D eigenvalue weighted by atomic mass is 10.0. The van der Waals surface area contributed by atoms with Gasteiger partial charge < -0.3 is 4.74 Å². The number of hydrogen-bond donors (Lipinski definition) is 0. The summed E-state index contributed by atoms with van der Waals surface area (Å²) in [4.78, 5) is 14.5. The summed E-state index contributed by atoms with van der Waals surface area (Å²) in [5.74, 6) is -0.424. The molecule has 1 saturated heterocycles. The lowest BCUT2D eigenvalue weighted by Gasteiger charge is -2.37. The number of methoxy groups -OCH3 is 1. The van der Waals surface area contributed by atoms with E-state index in [0.717, 1.165) is 0 Å². The van der Waals surface area contributed by atoms with Gasteiger partial charge in [0.1, 0.15) is 10.9 Å². The number of hydrogen-bond acceptors (Lipinski definition) is 6. The normalized spacial score (nSPS) is 17.6. The number of aryl methyl sites for hydroxylation is 1. The maximum absolute atomic E-state index is 12.7. The highest BCUT2D eigenvalue weighted by molar-refractivity contribution is 7.89. The molecule has 1 aliphatic heterocycles. The van der Waals surface area contributed by atoms with Gasteiger partial charge in [0.25, 0.3) is 0 Å². The van der Waals surface area contributed by atoms with Gasteiger partial charge in [-0.1, -0.05) is 29.8 Å². The van der Waals surface area contributed by atoms with Crippen molar-refractivity contribution in [1.29, 1.82) is 0 Å². The Hall–Kier alpha value is -1.94. The molecule has 0 bridgehead atoms. The quantitative estimate of drug-likeness (QED) is 0.688. The molecule has 0 N–H and O–H groups in total. The van der Waals surface area contributed by atoms with Crippen LogP contribution in [0, 0.1) is 0 Å². The van der Waals surface area contributed by atoms with E-state index in [1.165, 1.54) is 28.5 Å². The molecule has 3 rings (SSSR count). The summed E-state index contributed by atoms with van der Waals surface area (Å²) in [5, 5.41) is 4.40. The Morgan fingerprint density at radius 1 is 1.22 bits per heavy atom. The second-order valence-electron chi connectivity index (χ2n) is 6.24. The minimum atomic E-state index is -3.61. The Kier molecular flexibility index (Phi) is 5.85. The largest absolute Gasteiger partial charge is 0.468 e. The molecule has 0 spiro atoms. The molecule has 0 amide bonds. The first kappa shape index (κ1) is 19.8. The third-order valence-corrected chi connectivity index (χ3v) is 6.78. The van der Waals surface area contributed by atoms with E-state index in [-0.39, 0.29) is 18.0 Å². The third-order valence-electron chi connectivity index (χ3n) is 4.58. The minimum absolute atomic E-state index is 0.161. The van der Waals surface area contributed by atoms with Crippen molar-refractivity contribution in [3.05, 3.63) is 47.2 Å². The number of ether oxygens (including phenoxy) is 1. The molecular weight excluding hydrogens is 392 g/mol. The molecule has 1 aromatic carbocycles. The van der Waals surface area contributed by atoms with Crippen LogP contribution in [-0.2, 0) is 26.6 Å². The molecule has 1 unspecified atom stereocenters. The highest BCUT2D eigenvalue weighted by Crippen LogP contribution is 2.30. The van der Waals surface area contributed by atoms with Crippen LogP contribution in [0.25, 0.3) is 0 Å². The maximum atomic E-state index is 12.7. The number of aromatic nitrogens is 2. The number of nitrogens with zero attached hydrogens (tertiary/aromatic N) is 4. The molecule has 1 aliphatic rings. The summed E-state index contributed by atoms with van der Waals surface area (Å²) >= 11 is 6.27. The van der Waals surface area contributed by atoms with E-state index >= 15 is 0 Å². The predicted octanol–water partition coefficient (Wildman–Crippen LogP) is 1.29. The standard InChI is InChI=1S/C17H21ClN4O4S/c1-20-12-13(11-19-20)27(24,25)22-9-7-21(8-10-22)16(17(23)26-2)14-5-3-4-6-15(14)18/h3-6,11-12,16H,7-10H2,1-2H3. The van der Waals surface area contributed by atoms with E-state index in [1.807, 2.05) is 4.90 Å². The van der Waals surface area contributed by atoms with Crippen molar-refractivity contribution in [2.75, 3.05) is 33.3 Å². The Morgan fingerprint density at radius 3 is 2.44 bits per heavy atom. The van der Waals surface area contributed by atoms with E-state index in [2.05, 4.69) is 5.10 Å². The summed E-state index contributed by atoms with van der Waals surface area (Å²) < 4.78 is 33.3. The van der Waals surface area contributed by atoms with Crippen LogP contribution in [0.3, 0.4) is 0 Å². The zero-order valence-corrected chi connectivity index (χ0v) is 16.7. The number of carbonyl (C=O) groups is 1. The summed E-state index contributed by atoms with van der Waals surface area (Å²) in [6.45, 7) is 1.28. The van der Waals surface area contributed by atoms with E-state index < -0.39 is 22.0 Å². The van der Waals surface area contributed by atoms with Crippen LogP contribution >= 0.6 is 11.6 Å². The average molecular weight is 413 g/mol. The van der Waals surface area contributed by atoms with Crippen LogP contribution < -0.4 is 0 Å². The predicted molar refractivity (Wildman–Crippen MR) is 99.7 cm³/mol. The molecule has 1 aromatic heterocycles. The average Bonchev–Trinajstić information content (AvgIpc) is 3.11. The van der Waals surface area contributed by atoms with Gasteiger partial charge >= 0.3 is 5.97 Å². The fourth-order valence-electron chi connectivity index (χ4n) is 3.16. The zero-order chi connectivity index (χ0) is 19.6. The topological polar surface area (TPSA) is 84.7 Å². The Balaban J connectivity index is 1.78. The number of benzene rings is 1. The summed E-state index contributed by atoms with van der Waals surface area (Å²) in [6, 6.07) is 6.42. The highest BCUT2D eigenvalue weighted by Gasteiger charge is 2.36. The van der Waals surface area contributed by atoms with Gasteiger partial charge in [-0.25, -0.2) is 13.2 Å². The fourth-order valence-corrected chi connectivity index (χ4v) is 4.81. The van der Waals surface area contributed by atoms with Crippen LogP contribution in [0.15, 0.2) is 41.6 Å². The molecule has 2 aromatic rings. The second-order valence-corrected chi connectivity index (χ2v) is 8.58. The Morgan fingerprint density at radius 2 is 1.89 bits per heavy atom. The van der Waals surface area contributed by atoms with Gasteiger partial charge in [-0.05, 0) is 11.6 Å². The van der Waals surface area contributed by atoms with Gasteiger partial charge in [-0.2, -0.15) is 9.40 Å². The van der Waals surface area contributed by atoms with Crippen LogP contribution in [-0.4, -0.2) is 66.7 Å². The van der Waals surface area contributed by atoms with Crippen LogP contribution in [0.4, 0.5) is 0 Å². The number of halogens is 1. The van der Waals surface area contributed by atoms with E-state index in [1.54, 1.807) is 31.3 Å². The Bertz CT molecular complexity index is 923. The van der Waals surface area contributed by atoms with E-state index in [9.17, 15) is 13.2 Å². The first-order valence-electron chi connectivity index (χ1n) is 8.39. The maximum Gasteiger partial charge on any atom is 0.327 e. The SMILES string of the molecule is COC(=O)C(c1ccccc1Cl)N1CCN(S(=O)(=O)c2cnn(C)c2)CC1. The molecule has 0 aliphatic carbocycles. The molecule has 2 heterocycles. The minimum Gasteiger partial charge on any atom is -0.468 e. The van der Waals surface area contributed by atoms with Crippen molar-refractivity contribution in [3.8, 4) is 0 Å². The number of carbonyl (C=O) groups excluding carboxylic acids is 1. The Labute approximate surface area is 163 Å². The smallest absolute Gasteiger partial charge is 0.327 e. The van der Waals surface area contributed by atoms with Gasteiger partial charge in [0.15, 0.2) is 0 Å². The highest BCUT2D eigenvalue weighted by atomic mass is 35.5. The summed E-state index contributed by atoms with van der Waals surface area (Å²) in [7, 11) is -0.611. The van der Waals surface area contributed by atoms with Gasteiger partial charge in [0.05, 0.1) is 13.3 Å². The fraction of sp³-hybridized carbons (Fsp3) is 0.412. The van der Waals surface area contributed by atoms with Crippen LogP contribution in [0.5, 0.6) is 0 Å². The van der Waals surface area contributed by atoms with Crippen LogP contribution in [0.2, 0.25) is 5.02 Å². The number of esters is 1. The molecule has 1 fully saturated rings. The van der Waals surface area contributed by atoms with Crippen molar-refractivity contribution in [2.24, 2.45) is 7.05 Å². The van der Waals surface area contributed by atoms with Gasteiger partial charge in [0, 0.05) is 44.4 Å². The van der Waals surface area contributed by atoms with Crippen molar-refractivity contribution in [1.82, 2.24) is 19.0 Å². The first-order chi connectivity index (χ1) is 12.8. The lowest BCUT2D eigenvalue weighted by molar-refractivity contribution is -0.147. The van der Waals surface area contributed by atoms with Crippen molar-refractivity contribution < 1.29 is 17.9 Å². The van der Waals surface area contributed by atoms with Gasteiger partial charge in [-0.3, -0.25) is 9.58 Å². The van der Waals surface area contributed by atoms with E-state index in [4.69, 9.17) is 16.3 Å². The first-order valence-corrected chi connectivity index (χ1v) is 10.2. The lowest BCUT2D eigenvalue weighted by Crippen LogP contribution is -2.51. The van der Waals surface area contributed by atoms with Crippen molar-refractivity contribution in [2.45, 2.75) is 10.9 Å². The molecule has 27 heavy (non-hydrogen) atoms. The monoisotopic (exact) mass is 412 g/mol. The van der Waals surface area contributed by atoms with Gasteiger partial charge in [-0.15, -0.1) is 0 Å². The van der Waals surface area contributed by atoms with Crippen molar-refractivity contribution >= 4 is 27.6 Å². The number of piperazine rings is 1. The third kappa shape index (κ3) is 4.01. The summed E-state index contributed by atoms with van der Waals surface area (Å²) in [6.07, 6.45) is 2.81. The van der Waals surface area contributed by atoms with Crippen molar-refractivity contribution in [3.63, 3.8) is 0 Å². The van der Waals surface area contributed by atoms with E-state index in [0.29, 0.717) is 23.7 Å². The van der Waals surface area contributed by atoms with Crippen LogP contribution in [0.1, 0.15) is 11.6 Å². The van der Waals surface area contributed by atoms with Gasteiger partial charge in [0.2, 0.25) is 10.0 Å². The molecule has 0 saturated carbocycles. The molecule has 8 nitrogen and oxygen atoms in total. The second kappa shape index (κ2) is 7.97. The molecule has 0 radical (unpaired) electrons. The molecule has 10 heteroatoms. The number of sulfonamides is 1. The zero-order valence-electron chi connectivity index (χ0n) is 15.1.